The Bertz CT molecular complexity index is 413. The number of thiol groups is 1. The maximum atomic E-state index is 13.2. The lowest BCUT2D eigenvalue weighted by Crippen LogP contribution is -2.01. The Morgan fingerprint density at radius 3 is 2.73 bits per heavy atom. The van der Waals surface area contributed by atoms with E-state index in [2.05, 4.69) is 12.6 Å². The molecule has 0 aliphatic heterocycles. The summed E-state index contributed by atoms with van der Waals surface area (Å²) >= 11 is 9.31. The van der Waals surface area contributed by atoms with Crippen LogP contribution in [0.3, 0.4) is 0 Å². The van der Waals surface area contributed by atoms with E-state index >= 15 is 0 Å². The molecule has 0 amide bonds. The van der Waals surface area contributed by atoms with Crippen LogP contribution in [0.2, 0.25) is 5.02 Å². The number of aliphatic hydroxyl groups is 1. The van der Waals surface area contributed by atoms with Gasteiger partial charge in [-0.25, -0.2) is 4.39 Å². The molecular formula is C8H7ClFNO3S. The Kier molecular flexibility index (Phi) is 3.90. The summed E-state index contributed by atoms with van der Waals surface area (Å²) in [5.41, 5.74) is -0.347. The first-order valence-corrected chi connectivity index (χ1v) is 4.76. The van der Waals surface area contributed by atoms with Crippen molar-refractivity contribution < 1.29 is 14.4 Å². The van der Waals surface area contributed by atoms with Gasteiger partial charge >= 0.3 is 0 Å². The summed E-state index contributed by atoms with van der Waals surface area (Å²) in [6.07, 6.45) is -0.0693. The van der Waals surface area contributed by atoms with Gasteiger partial charge in [-0.15, -0.1) is 12.6 Å². The summed E-state index contributed by atoms with van der Waals surface area (Å²) < 4.78 is 13.2. The number of nitrogens with zero attached hydrogens (tertiary/aromatic N) is 1. The second-order valence-corrected chi connectivity index (χ2v) is 3.61. The van der Waals surface area contributed by atoms with Gasteiger partial charge in [0.1, 0.15) is 0 Å². The van der Waals surface area contributed by atoms with Gasteiger partial charge in [0, 0.05) is 24.0 Å². The summed E-state index contributed by atoms with van der Waals surface area (Å²) in [5.74, 6) is -0.811. The van der Waals surface area contributed by atoms with E-state index < -0.39 is 10.7 Å². The molecule has 0 aliphatic carbocycles. The predicted octanol–water partition coefficient (Wildman–Crippen LogP) is 2.21. The quantitative estimate of drug-likeness (QED) is 0.492. The standard InChI is InChI=1S/C8H7ClFNO3S/c9-7-4(1-2-12)5(11(13)14)3-6(15)8(7)10/h3,12,15H,1-2H2. The van der Waals surface area contributed by atoms with Gasteiger partial charge in [0.25, 0.3) is 5.69 Å². The summed E-state index contributed by atoms with van der Waals surface area (Å²) in [4.78, 5) is 9.75. The Labute approximate surface area is 95.2 Å². The second kappa shape index (κ2) is 4.78. The molecule has 82 valence electrons. The lowest BCUT2D eigenvalue weighted by molar-refractivity contribution is -0.385. The molecule has 0 saturated heterocycles. The summed E-state index contributed by atoms with van der Waals surface area (Å²) in [6.45, 7) is -0.341. The van der Waals surface area contributed by atoms with Crippen molar-refractivity contribution in [2.24, 2.45) is 0 Å². The molecule has 0 atom stereocenters. The Morgan fingerprint density at radius 1 is 1.67 bits per heavy atom. The minimum atomic E-state index is -0.811. The monoisotopic (exact) mass is 251 g/mol. The van der Waals surface area contributed by atoms with Gasteiger partial charge in [-0.1, -0.05) is 11.6 Å². The maximum absolute atomic E-state index is 13.2. The topological polar surface area (TPSA) is 63.4 Å². The largest absolute Gasteiger partial charge is 0.396 e. The lowest BCUT2D eigenvalue weighted by atomic mass is 10.1. The number of hydrogen-bond acceptors (Lipinski definition) is 4. The van der Waals surface area contributed by atoms with Gasteiger partial charge in [-0.2, -0.15) is 0 Å². The zero-order valence-electron chi connectivity index (χ0n) is 7.41. The third kappa shape index (κ3) is 2.39. The van der Waals surface area contributed by atoms with Crippen LogP contribution in [-0.2, 0) is 6.42 Å². The molecule has 0 heterocycles. The maximum Gasteiger partial charge on any atom is 0.275 e. The molecule has 0 unspecified atom stereocenters. The molecule has 15 heavy (non-hydrogen) atoms. The minimum Gasteiger partial charge on any atom is -0.396 e. The normalized spacial score (nSPS) is 10.4. The van der Waals surface area contributed by atoms with Crippen LogP contribution in [0.1, 0.15) is 5.56 Å². The van der Waals surface area contributed by atoms with Gasteiger partial charge in [0.2, 0.25) is 0 Å². The predicted molar refractivity (Wildman–Crippen MR) is 56.1 cm³/mol. The van der Waals surface area contributed by atoms with Crippen LogP contribution >= 0.6 is 24.2 Å². The number of aliphatic hydroxyl groups excluding tert-OH is 1. The number of hydrogen-bond donors (Lipinski definition) is 2. The van der Waals surface area contributed by atoms with Crippen LogP contribution in [0.5, 0.6) is 0 Å². The van der Waals surface area contributed by atoms with Crippen LogP contribution < -0.4 is 0 Å². The Hall–Kier alpha value is -0.850. The van der Waals surface area contributed by atoms with Crippen LogP contribution in [0.4, 0.5) is 10.1 Å². The third-order valence-electron chi connectivity index (χ3n) is 1.82. The molecule has 0 spiro atoms. The molecule has 0 saturated carbocycles. The molecule has 0 bridgehead atoms. The zero-order chi connectivity index (χ0) is 11.6. The van der Waals surface area contributed by atoms with E-state index in [9.17, 15) is 14.5 Å². The van der Waals surface area contributed by atoms with Crippen LogP contribution in [0.15, 0.2) is 11.0 Å². The Morgan fingerprint density at radius 2 is 2.27 bits per heavy atom. The summed E-state index contributed by atoms with van der Waals surface area (Å²) in [5, 5.41) is 19.0. The average Bonchev–Trinajstić information content (AvgIpc) is 2.18. The molecular weight excluding hydrogens is 245 g/mol. The van der Waals surface area contributed by atoms with Gasteiger partial charge in [0.05, 0.1) is 15.5 Å². The van der Waals surface area contributed by atoms with Gasteiger partial charge in [-0.3, -0.25) is 10.1 Å². The van der Waals surface area contributed by atoms with Crippen molar-refractivity contribution in [3.05, 3.63) is 32.6 Å². The highest BCUT2D eigenvalue weighted by Crippen LogP contribution is 2.33. The van der Waals surface area contributed by atoms with Crippen molar-refractivity contribution in [1.82, 2.24) is 0 Å². The number of benzene rings is 1. The van der Waals surface area contributed by atoms with E-state index in [0.29, 0.717) is 0 Å². The highest BCUT2D eigenvalue weighted by molar-refractivity contribution is 7.80. The highest BCUT2D eigenvalue weighted by Gasteiger charge is 2.22. The van der Waals surface area contributed by atoms with E-state index in [1.807, 2.05) is 0 Å². The summed E-state index contributed by atoms with van der Waals surface area (Å²) in [7, 11) is 0. The first-order valence-electron chi connectivity index (χ1n) is 3.94. The summed E-state index contributed by atoms with van der Waals surface area (Å²) in [6, 6.07) is 0.981. The van der Waals surface area contributed by atoms with E-state index in [4.69, 9.17) is 16.7 Å². The smallest absolute Gasteiger partial charge is 0.275 e. The number of rotatable bonds is 3. The SMILES string of the molecule is O=[N+]([O-])c1cc(S)c(F)c(Cl)c1CCO. The van der Waals surface area contributed by atoms with Gasteiger partial charge < -0.3 is 5.11 Å². The molecule has 0 aromatic heterocycles. The first kappa shape index (κ1) is 12.2. The van der Waals surface area contributed by atoms with E-state index in [-0.39, 0.29) is 34.2 Å². The molecule has 1 aromatic rings. The molecule has 7 heteroatoms. The number of halogens is 2. The molecule has 0 radical (unpaired) electrons. The fraction of sp³-hybridized carbons (Fsp3) is 0.250. The number of nitro benzene ring substituents is 1. The van der Waals surface area contributed by atoms with Crippen LogP contribution in [0, 0.1) is 15.9 Å². The van der Waals surface area contributed by atoms with Crippen LogP contribution in [-0.4, -0.2) is 16.6 Å². The van der Waals surface area contributed by atoms with Crippen molar-refractivity contribution in [3.8, 4) is 0 Å². The molecule has 4 nitrogen and oxygen atoms in total. The van der Waals surface area contributed by atoms with Crippen LogP contribution in [0.25, 0.3) is 0 Å². The Balaban J connectivity index is 3.43. The van der Waals surface area contributed by atoms with E-state index in [1.54, 1.807) is 0 Å². The third-order valence-corrected chi connectivity index (χ3v) is 2.54. The van der Waals surface area contributed by atoms with E-state index in [0.717, 1.165) is 6.07 Å². The van der Waals surface area contributed by atoms with E-state index in [1.165, 1.54) is 0 Å². The lowest BCUT2D eigenvalue weighted by Gasteiger charge is -2.06. The van der Waals surface area contributed by atoms with Crippen molar-refractivity contribution in [2.45, 2.75) is 11.3 Å². The fourth-order valence-corrected chi connectivity index (χ4v) is 1.74. The molecule has 0 aliphatic rings. The molecule has 1 N–H and O–H groups in total. The van der Waals surface area contributed by atoms with Crippen molar-refractivity contribution >= 4 is 29.9 Å². The average molecular weight is 252 g/mol. The number of nitro groups is 1. The second-order valence-electron chi connectivity index (χ2n) is 2.75. The molecule has 1 aromatic carbocycles. The van der Waals surface area contributed by atoms with Gasteiger partial charge in [-0.05, 0) is 0 Å². The minimum absolute atomic E-state index is 0.0144. The van der Waals surface area contributed by atoms with Gasteiger partial charge in [0.15, 0.2) is 5.82 Å². The first-order chi connectivity index (χ1) is 6.99. The fourth-order valence-electron chi connectivity index (χ4n) is 1.15. The highest BCUT2D eigenvalue weighted by atomic mass is 35.5. The van der Waals surface area contributed by atoms with Crippen molar-refractivity contribution in [3.63, 3.8) is 0 Å². The van der Waals surface area contributed by atoms with Crippen molar-refractivity contribution in [2.75, 3.05) is 6.61 Å². The molecule has 0 fully saturated rings. The van der Waals surface area contributed by atoms with Crippen molar-refractivity contribution in [1.29, 1.82) is 0 Å². The molecule has 1 rings (SSSR count). The zero-order valence-corrected chi connectivity index (χ0v) is 9.06.